The van der Waals surface area contributed by atoms with Crippen molar-refractivity contribution in [2.24, 2.45) is 0 Å². The van der Waals surface area contributed by atoms with Crippen molar-refractivity contribution in [3.8, 4) is 0 Å². The molecule has 0 radical (unpaired) electrons. The summed E-state index contributed by atoms with van der Waals surface area (Å²) in [4.78, 5) is 3.85. The predicted molar refractivity (Wildman–Crippen MR) is 144 cm³/mol. The van der Waals surface area contributed by atoms with Gasteiger partial charge in [0.15, 0.2) is 0 Å². The first-order valence-corrected chi connectivity index (χ1v) is 13.2. The third-order valence-electron chi connectivity index (χ3n) is 5.70. The molecule has 170 valence electrons. The van der Waals surface area contributed by atoms with Crippen molar-refractivity contribution in [1.82, 2.24) is 4.98 Å². The van der Waals surface area contributed by atoms with Gasteiger partial charge in [-0.15, -0.1) is 0 Å². The molecule has 34 heavy (non-hydrogen) atoms. The molecular formula is C31H29ClNP. The van der Waals surface area contributed by atoms with Crippen LogP contribution < -0.4 is 28.3 Å². The van der Waals surface area contributed by atoms with Crippen LogP contribution in [0, 0.1) is 6.92 Å². The molecule has 5 rings (SSSR count). The van der Waals surface area contributed by atoms with Crippen LogP contribution in [0.15, 0.2) is 146 Å². The maximum absolute atomic E-state index is 3.85. The molecule has 0 unspecified atom stereocenters. The highest BCUT2D eigenvalue weighted by Gasteiger charge is 2.45. The summed E-state index contributed by atoms with van der Waals surface area (Å²) in [5, 5.41) is 4.30. The first kappa shape index (κ1) is 25.4. The Morgan fingerprint density at radius 3 is 1.18 bits per heavy atom. The van der Waals surface area contributed by atoms with Gasteiger partial charge in [0.1, 0.15) is 23.2 Å². The van der Waals surface area contributed by atoms with Crippen LogP contribution in [0.3, 0.4) is 0 Å². The van der Waals surface area contributed by atoms with E-state index in [-0.39, 0.29) is 12.4 Å². The van der Waals surface area contributed by atoms with E-state index in [0.29, 0.717) is 0 Å². The molecule has 0 fully saturated rings. The minimum atomic E-state index is -1.78. The number of nitrogens with zero attached hydrogens (tertiary/aromatic N) is 1. The number of hydrogen-bond acceptors (Lipinski definition) is 1. The minimum Gasteiger partial charge on any atom is -1.00 e. The van der Waals surface area contributed by atoms with Crippen molar-refractivity contribution in [2.45, 2.75) is 13.1 Å². The van der Waals surface area contributed by atoms with E-state index in [1.165, 1.54) is 27.0 Å². The molecule has 0 saturated heterocycles. The smallest absolute Gasteiger partial charge is 0.116 e. The Morgan fingerprint density at radius 2 is 0.853 bits per heavy atom. The molecule has 0 spiro atoms. The van der Waals surface area contributed by atoms with E-state index < -0.39 is 7.26 Å². The number of hydrogen-bond donors (Lipinski definition) is 0. The second-order valence-electron chi connectivity index (χ2n) is 7.98. The average Bonchev–Trinajstić information content (AvgIpc) is 2.90. The number of benzene rings is 4. The van der Waals surface area contributed by atoms with Crippen molar-refractivity contribution >= 4 is 23.2 Å². The average molecular weight is 482 g/mol. The van der Waals surface area contributed by atoms with E-state index in [2.05, 4.69) is 126 Å². The summed E-state index contributed by atoms with van der Waals surface area (Å²) in [6.07, 6.45) is 4.61. The molecule has 0 bridgehead atoms. The summed E-state index contributed by atoms with van der Waals surface area (Å²) in [5.74, 6) is 0. The summed E-state index contributed by atoms with van der Waals surface area (Å²) in [7, 11) is -1.78. The highest BCUT2D eigenvalue weighted by Crippen LogP contribution is 2.58. The van der Waals surface area contributed by atoms with E-state index in [4.69, 9.17) is 0 Å². The third kappa shape index (κ3) is 6.20. The van der Waals surface area contributed by atoms with Gasteiger partial charge in [0.05, 0.1) is 6.16 Å². The highest BCUT2D eigenvalue weighted by molar-refractivity contribution is 7.95. The summed E-state index contributed by atoms with van der Waals surface area (Å²) in [5.41, 5.74) is 2.65. The van der Waals surface area contributed by atoms with Gasteiger partial charge in [0.25, 0.3) is 0 Å². The SMILES string of the molecule is Cc1ccncc1.[Cl-].c1ccc(C[P+](c2ccccc2)(c2ccccc2)c2ccccc2)cc1. The molecule has 0 atom stereocenters. The number of aromatic nitrogens is 1. The fraction of sp³-hybridized carbons (Fsp3) is 0.0645. The highest BCUT2D eigenvalue weighted by atomic mass is 35.5. The zero-order valence-corrected chi connectivity index (χ0v) is 21.0. The van der Waals surface area contributed by atoms with Crippen LogP contribution in [0.1, 0.15) is 11.1 Å². The Bertz CT molecular complexity index is 1120. The maximum Gasteiger partial charge on any atom is 0.116 e. The van der Waals surface area contributed by atoms with E-state index >= 15 is 0 Å². The van der Waals surface area contributed by atoms with Crippen LogP contribution in [0.2, 0.25) is 0 Å². The van der Waals surface area contributed by atoms with Gasteiger partial charge >= 0.3 is 0 Å². The summed E-state index contributed by atoms with van der Waals surface area (Å²) >= 11 is 0. The molecule has 5 aromatic rings. The maximum atomic E-state index is 3.85. The molecule has 1 aromatic heterocycles. The molecule has 1 nitrogen and oxygen atoms in total. The van der Waals surface area contributed by atoms with Gasteiger partial charge < -0.3 is 12.4 Å². The lowest BCUT2D eigenvalue weighted by atomic mass is 10.2. The van der Waals surface area contributed by atoms with Crippen LogP contribution in [-0.2, 0) is 6.16 Å². The molecule has 0 aliphatic carbocycles. The first-order valence-electron chi connectivity index (χ1n) is 11.2. The monoisotopic (exact) mass is 481 g/mol. The lowest BCUT2D eigenvalue weighted by Crippen LogP contribution is -3.00. The van der Waals surface area contributed by atoms with Gasteiger partial charge in [-0.1, -0.05) is 84.9 Å². The minimum absolute atomic E-state index is 0. The fourth-order valence-corrected chi connectivity index (χ4v) is 8.30. The van der Waals surface area contributed by atoms with Crippen molar-refractivity contribution in [1.29, 1.82) is 0 Å². The van der Waals surface area contributed by atoms with E-state index in [0.717, 1.165) is 6.16 Å². The van der Waals surface area contributed by atoms with E-state index in [9.17, 15) is 0 Å². The molecule has 0 N–H and O–H groups in total. The van der Waals surface area contributed by atoms with Gasteiger partial charge in [-0.25, -0.2) is 0 Å². The van der Waals surface area contributed by atoms with Crippen LogP contribution in [0.25, 0.3) is 0 Å². The Labute approximate surface area is 210 Å². The number of halogens is 1. The van der Waals surface area contributed by atoms with Crippen LogP contribution in [-0.4, -0.2) is 4.98 Å². The van der Waals surface area contributed by atoms with Crippen LogP contribution in [0.4, 0.5) is 0 Å². The zero-order valence-electron chi connectivity index (χ0n) is 19.3. The first-order chi connectivity index (χ1) is 16.3. The molecule has 3 heteroatoms. The zero-order chi connectivity index (χ0) is 22.8. The summed E-state index contributed by atoms with van der Waals surface area (Å²) < 4.78 is 0. The third-order valence-corrected chi connectivity index (χ3v) is 10.1. The molecule has 0 aliphatic heterocycles. The number of aryl methyl sites for hydroxylation is 1. The molecule has 0 saturated carbocycles. The van der Waals surface area contributed by atoms with Crippen LogP contribution >= 0.6 is 7.26 Å². The fourth-order valence-electron chi connectivity index (χ4n) is 4.05. The van der Waals surface area contributed by atoms with Crippen molar-refractivity contribution in [2.75, 3.05) is 0 Å². The Morgan fingerprint density at radius 1 is 0.500 bits per heavy atom. The summed E-state index contributed by atoms with van der Waals surface area (Å²) in [6, 6.07) is 48.0. The van der Waals surface area contributed by atoms with Crippen LogP contribution in [0.5, 0.6) is 0 Å². The topological polar surface area (TPSA) is 12.9 Å². The Hall–Kier alpha value is -3.25. The molecule has 0 aliphatic rings. The predicted octanol–water partition coefficient (Wildman–Crippen LogP) is 3.57. The van der Waals surface area contributed by atoms with Gasteiger partial charge in [0, 0.05) is 12.4 Å². The lowest BCUT2D eigenvalue weighted by molar-refractivity contribution is -0.00000659. The lowest BCUT2D eigenvalue weighted by Gasteiger charge is -2.27. The Kier molecular flexibility index (Phi) is 9.59. The molecule has 0 amide bonds. The van der Waals surface area contributed by atoms with Crippen molar-refractivity contribution in [3.05, 3.63) is 157 Å². The standard InChI is InChI=1S/C25H22P.C6H7N.ClH/c1-5-13-22(14-6-1)21-26(23-15-7-2-8-16-23,24-17-9-3-10-18-24)25-19-11-4-12-20-25;1-6-2-4-7-5-3-6;/h1-20H,21H2;2-5H,1H3;1H/q+1;;/p-1. The second-order valence-corrected chi connectivity index (χ2v) is 11.5. The molecule has 4 aromatic carbocycles. The van der Waals surface area contributed by atoms with Gasteiger partial charge in [-0.2, -0.15) is 0 Å². The largest absolute Gasteiger partial charge is 1.00 e. The summed E-state index contributed by atoms with van der Waals surface area (Å²) in [6.45, 7) is 2.04. The van der Waals surface area contributed by atoms with E-state index in [1.807, 2.05) is 19.1 Å². The quantitative estimate of drug-likeness (QED) is 0.350. The van der Waals surface area contributed by atoms with Crippen molar-refractivity contribution in [3.63, 3.8) is 0 Å². The molecule has 1 heterocycles. The van der Waals surface area contributed by atoms with Crippen molar-refractivity contribution < 1.29 is 12.4 Å². The number of rotatable bonds is 5. The Balaban J connectivity index is 0.000000350. The number of pyridine rings is 1. The van der Waals surface area contributed by atoms with Gasteiger partial charge in [-0.05, 0) is 66.6 Å². The second kappa shape index (κ2) is 12.8. The normalized spacial score (nSPS) is 10.4. The van der Waals surface area contributed by atoms with Gasteiger partial charge in [0.2, 0.25) is 0 Å². The molecular weight excluding hydrogens is 453 g/mol. The van der Waals surface area contributed by atoms with Gasteiger partial charge in [-0.3, -0.25) is 4.98 Å². The van der Waals surface area contributed by atoms with E-state index in [1.54, 1.807) is 12.4 Å².